The summed E-state index contributed by atoms with van der Waals surface area (Å²) >= 11 is 0. The van der Waals surface area contributed by atoms with Crippen LogP contribution in [-0.2, 0) is 7.05 Å². The minimum atomic E-state index is -0.566. The monoisotopic (exact) mass is 431 g/mol. The molecule has 1 atom stereocenters. The van der Waals surface area contributed by atoms with E-state index in [2.05, 4.69) is 4.98 Å². The summed E-state index contributed by atoms with van der Waals surface area (Å²) in [5.74, 6) is -0.566. The summed E-state index contributed by atoms with van der Waals surface area (Å²) in [6.07, 6.45) is 3.29. The SMILES string of the molecule is Cc1nc2c(c(C)c1-c1ccc[nH]c1=O)c(C(N)=O)c(C)n2C(C)c1ccn(C)c(=O)c1. The standard InChI is InChI=1S/C24H25N5O3/c1-12-19(17-7-6-9-26-24(17)32)13(2)27-23-20(12)21(22(25)31)15(4)29(23)14(3)16-8-10-28(5)18(30)11-16/h6-11,14H,1-5H3,(H2,25,31)(H,26,32). The third kappa shape index (κ3) is 3.15. The highest BCUT2D eigenvalue weighted by Crippen LogP contribution is 2.37. The Morgan fingerprint density at radius 2 is 1.91 bits per heavy atom. The fourth-order valence-electron chi connectivity index (χ4n) is 4.53. The molecule has 4 heterocycles. The molecule has 1 unspecified atom stereocenters. The van der Waals surface area contributed by atoms with Crippen LogP contribution in [0, 0.1) is 20.8 Å². The Labute approximate surface area is 184 Å². The minimum absolute atomic E-state index is 0.121. The quantitative estimate of drug-likeness (QED) is 0.517. The Kier molecular flexibility index (Phi) is 5.08. The van der Waals surface area contributed by atoms with Crippen LogP contribution in [0.4, 0.5) is 0 Å². The van der Waals surface area contributed by atoms with Crippen molar-refractivity contribution >= 4 is 16.9 Å². The van der Waals surface area contributed by atoms with Gasteiger partial charge >= 0.3 is 0 Å². The molecule has 32 heavy (non-hydrogen) atoms. The highest BCUT2D eigenvalue weighted by atomic mass is 16.1. The number of aromatic amines is 1. The molecule has 1 amide bonds. The van der Waals surface area contributed by atoms with Crippen LogP contribution >= 0.6 is 0 Å². The predicted molar refractivity (Wildman–Crippen MR) is 124 cm³/mol. The van der Waals surface area contributed by atoms with Gasteiger partial charge in [0.15, 0.2) is 0 Å². The van der Waals surface area contributed by atoms with Gasteiger partial charge in [-0.05, 0) is 57.0 Å². The van der Waals surface area contributed by atoms with Crippen LogP contribution in [0.15, 0.2) is 46.2 Å². The van der Waals surface area contributed by atoms with E-state index in [1.54, 1.807) is 37.6 Å². The zero-order valence-corrected chi connectivity index (χ0v) is 18.7. The number of aromatic nitrogens is 4. The summed E-state index contributed by atoms with van der Waals surface area (Å²) in [5.41, 5.74) is 10.5. The molecule has 0 saturated carbocycles. The van der Waals surface area contributed by atoms with Gasteiger partial charge in [-0.15, -0.1) is 0 Å². The van der Waals surface area contributed by atoms with Gasteiger partial charge in [-0.25, -0.2) is 4.98 Å². The average Bonchev–Trinajstić information content (AvgIpc) is 3.03. The average molecular weight is 431 g/mol. The molecule has 8 heteroatoms. The Hall–Kier alpha value is -3.94. The van der Waals surface area contributed by atoms with Crippen molar-refractivity contribution in [1.29, 1.82) is 0 Å². The topological polar surface area (TPSA) is 116 Å². The van der Waals surface area contributed by atoms with E-state index in [4.69, 9.17) is 10.7 Å². The molecular formula is C24H25N5O3. The molecule has 4 rings (SSSR count). The van der Waals surface area contributed by atoms with E-state index < -0.39 is 5.91 Å². The number of H-pyrrole nitrogens is 1. The largest absolute Gasteiger partial charge is 0.366 e. The second-order valence-corrected chi connectivity index (χ2v) is 8.09. The third-order valence-corrected chi connectivity index (χ3v) is 6.14. The summed E-state index contributed by atoms with van der Waals surface area (Å²) in [5, 5.41) is 0.620. The van der Waals surface area contributed by atoms with Crippen molar-refractivity contribution < 1.29 is 4.79 Å². The van der Waals surface area contributed by atoms with Crippen LogP contribution in [0.5, 0.6) is 0 Å². The molecule has 0 aliphatic carbocycles. The van der Waals surface area contributed by atoms with Gasteiger partial charge in [0.05, 0.1) is 11.6 Å². The number of aryl methyl sites for hydroxylation is 3. The fraction of sp³-hybridized carbons (Fsp3) is 0.250. The molecule has 0 bridgehead atoms. The van der Waals surface area contributed by atoms with Crippen LogP contribution in [0.3, 0.4) is 0 Å². The summed E-state index contributed by atoms with van der Waals surface area (Å²) in [6.45, 7) is 7.49. The molecule has 4 aromatic heterocycles. The number of carbonyl (C=O) groups excluding carboxylic acids is 1. The summed E-state index contributed by atoms with van der Waals surface area (Å²) < 4.78 is 3.44. The van der Waals surface area contributed by atoms with Crippen LogP contribution < -0.4 is 16.9 Å². The first-order valence-electron chi connectivity index (χ1n) is 10.3. The van der Waals surface area contributed by atoms with Crippen LogP contribution in [0.25, 0.3) is 22.2 Å². The van der Waals surface area contributed by atoms with Gasteiger partial charge in [-0.3, -0.25) is 14.4 Å². The van der Waals surface area contributed by atoms with E-state index in [1.807, 2.05) is 38.3 Å². The van der Waals surface area contributed by atoms with E-state index in [9.17, 15) is 14.4 Å². The lowest BCUT2D eigenvalue weighted by Gasteiger charge is -2.19. The van der Waals surface area contributed by atoms with Crippen molar-refractivity contribution in [2.24, 2.45) is 12.8 Å². The number of hydrogen-bond acceptors (Lipinski definition) is 4. The van der Waals surface area contributed by atoms with Crippen molar-refractivity contribution in [3.05, 3.63) is 85.4 Å². The molecular weight excluding hydrogens is 406 g/mol. The van der Waals surface area contributed by atoms with Crippen LogP contribution in [-0.4, -0.2) is 25.0 Å². The summed E-state index contributed by atoms with van der Waals surface area (Å²) in [6, 6.07) is 6.68. The number of amides is 1. The number of primary amides is 1. The first-order valence-corrected chi connectivity index (χ1v) is 10.3. The number of fused-ring (bicyclic) bond motifs is 1. The number of pyridine rings is 3. The maximum Gasteiger partial charge on any atom is 0.255 e. The molecule has 0 spiro atoms. The highest BCUT2D eigenvalue weighted by Gasteiger charge is 2.27. The fourth-order valence-corrected chi connectivity index (χ4v) is 4.53. The highest BCUT2D eigenvalue weighted by molar-refractivity contribution is 6.09. The Morgan fingerprint density at radius 3 is 2.53 bits per heavy atom. The van der Waals surface area contributed by atoms with Gasteiger partial charge in [-0.1, -0.05) is 0 Å². The summed E-state index contributed by atoms with van der Waals surface area (Å²) in [7, 11) is 1.69. The van der Waals surface area contributed by atoms with E-state index >= 15 is 0 Å². The van der Waals surface area contributed by atoms with Gasteiger partial charge in [-0.2, -0.15) is 0 Å². The van der Waals surface area contributed by atoms with Crippen molar-refractivity contribution in [3.63, 3.8) is 0 Å². The first kappa shape index (κ1) is 21.3. The number of nitrogens with one attached hydrogen (secondary N) is 1. The van der Waals surface area contributed by atoms with E-state index in [0.717, 1.165) is 11.1 Å². The first-order chi connectivity index (χ1) is 15.1. The van der Waals surface area contributed by atoms with E-state index in [1.165, 1.54) is 4.57 Å². The molecule has 8 nitrogen and oxygen atoms in total. The molecule has 3 N–H and O–H groups in total. The molecule has 0 aliphatic rings. The molecule has 0 aromatic carbocycles. The molecule has 0 fully saturated rings. The lowest BCUT2D eigenvalue weighted by Crippen LogP contribution is -2.19. The molecule has 0 aliphatic heterocycles. The maximum absolute atomic E-state index is 12.5. The van der Waals surface area contributed by atoms with Gasteiger partial charge < -0.3 is 19.9 Å². The number of nitrogens with two attached hydrogens (primary N) is 1. The molecule has 4 aromatic rings. The van der Waals surface area contributed by atoms with Crippen molar-refractivity contribution in [1.82, 2.24) is 19.1 Å². The van der Waals surface area contributed by atoms with E-state index in [0.29, 0.717) is 39.1 Å². The smallest absolute Gasteiger partial charge is 0.255 e. The lowest BCUT2D eigenvalue weighted by molar-refractivity contribution is 0.100. The van der Waals surface area contributed by atoms with Crippen molar-refractivity contribution in [2.75, 3.05) is 0 Å². The molecule has 164 valence electrons. The zero-order valence-electron chi connectivity index (χ0n) is 18.7. The van der Waals surface area contributed by atoms with Gasteiger partial charge in [0.25, 0.3) is 17.0 Å². The normalized spacial score (nSPS) is 12.3. The van der Waals surface area contributed by atoms with Crippen molar-refractivity contribution in [3.8, 4) is 11.1 Å². The number of hydrogen-bond donors (Lipinski definition) is 2. The Balaban J connectivity index is 2.09. The minimum Gasteiger partial charge on any atom is -0.366 e. The number of nitrogens with zero attached hydrogens (tertiary/aromatic N) is 3. The second-order valence-electron chi connectivity index (χ2n) is 8.09. The molecule has 0 saturated heterocycles. The van der Waals surface area contributed by atoms with Crippen LogP contribution in [0.1, 0.15) is 45.8 Å². The third-order valence-electron chi connectivity index (χ3n) is 6.14. The van der Waals surface area contributed by atoms with Crippen molar-refractivity contribution in [2.45, 2.75) is 33.7 Å². The van der Waals surface area contributed by atoms with Crippen LogP contribution in [0.2, 0.25) is 0 Å². The summed E-state index contributed by atoms with van der Waals surface area (Å²) in [4.78, 5) is 44.7. The second kappa shape index (κ2) is 7.64. The molecule has 0 radical (unpaired) electrons. The number of rotatable bonds is 4. The lowest BCUT2D eigenvalue weighted by atomic mass is 9.96. The number of carbonyl (C=O) groups is 1. The van der Waals surface area contributed by atoms with Gasteiger partial charge in [0.2, 0.25) is 0 Å². The Bertz CT molecular complexity index is 1510. The van der Waals surface area contributed by atoms with Gasteiger partial charge in [0, 0.05) is 53.4 Å². The zero-order chi connectivity index (χ0) is 23.3. The Morgan fingerprint density at radius 1 is 1.19 bits per heavy atom. The van der Waals surface area contributed by atoms with Gasteiger partial charge in [0.1, 0.15) is 5.65 Å². The maximum atomic E-state index is 12.5. The predicted octanol–water partition coefficient (Wildman–Crippen LogP) is 2.72. The van der Waals surface area contributed by atoms with E-state index in [-0.39, 0.29) is 17.2 Å².